The highest BCUT2D eigenvalue weighted by Crippen LogP contribution is 2.36. The van der Waals surface area contributed by atoms with E-state index >= 15 is 0 Å². The zero-order chi connectivity index (χ0) is 20.1. The highest BCUT2D eigenvalue weighted by molar-refractivity contribution is 5.65. The first-order valence-corrected chi connectivity index (χ1v) is 10.9. The minimum absolute atomic E-state index is 0.175. The van der Waals surface area contributed by atoms with E-state index in [9.17, 15) is 4.79 Å². The molecule has 0 amide bonds. The van der Waals surface area contributed by atoms with Crippen molar-refractivity contribution in [2.75, 3.05) is 26.2 Å². The SMILES string of the molecule is CC(=O)OCCN(C[C@@H]1[C@H](C)C=C(C)C[C@H]1C)C[C@@H]1[C@H](C)C=C(C)C[C@@H]1C. The van der Waals surface area contributed by atoms with Gasteiger partial charge in [-0.1, -0.05) is 51.0 Å². The number of nitrogens with zero attached hydrogens (tertiary/aromatic N) is 1. The van der Waals surface area contributed by atoms with Crippen LogP contribution in [0.2, 0.25) is 0 Å². The van der Waals surface area contributed by atoms with Crippen LogP contribution in [0.1, 0.15) is 61.3 Å². The lowest BCUT2D eigenvalue weighted by Crippen LogP contribution is -2.43. The molecule has 2 aliphatic rings. The van der Waals surface area contributed by atoms with Gasteiger partial charge in [-0.15, -0.1) is 0 Å². The van der Waals surface area contributed by atoms with Gasteiger partial charge in [0, 0.05) is 26.6 Å². The van der Waals surface area contributed by atoms with Crippen molar-refractivity contribution < 1.29 is 9.53 Å². The molecular formula is C24H41NO2. The van der Waals surface area contributed by atoms with Gasteiger partial charge < -0.3 is 4.74 Å². The minimum Gasteiger partial charge on any atom is -0.465 e. The molecule has 0 spiro atoms. The number of esters is 1. The molecule has 0 unspecified atom stereocenters. The molecular weight excluding hydrogens is 334 g/mol. The smallest absolute Gasteiger partial charge is 0.302 e. The summed E-state index contributed by atoms with van der Waals surface area (Å²) in [5.41, 5.74) is 3.07. The van der Waals surface area contributed by atoms with Crippen molar-refractivity contribution in [3.63, 3.8) is 0 Å². The van der Waals surface area contributed by atoms with E-state index in [1.54, 1.807) is 0 Å². The Hall–Kier alpha value is -1.09. The molecule has 154 valence electrons. The second kappa shape index (κ2) is 9.91. The highest BCUT2D eigenvalue weighted by Gasteiger charge is 2.32. The fourth-order valence-electron chi connectivity index (χ4n) is 5.50. The molecule has 0 saturated heterocycles. The van der Waals surface area contributed by atoms with Crippen molar-refractivity contribution >= 4 is 5.97 Å². The normalized spacial score (nSPS) is 34.2. The quantitative estimate of drug-likeness (QED) is 0.445. The van der Waals surface area contributed by atoms with Crippen LogP contribution in [0.25, 0.3) is 0 Å². The first-order valence-electron chi connectivity index (χ1n) is 10.9. The largest absolute Gasteiger partial charge is 0.465 e. The molecule has 2 rings (SSSR count). The van der Waals surface area contributed by atoms with Gasteiger partial charge in [0.1, 0.15) is 6.61 Å². The fourth-order valence-corrected chi connectivity index (χ4v) is 5.50. The fraction of sp³-hybridized carbons (Fsp3) is 0.792. The van der Waals surface area contributed by atoms with E-state index < -0.39 is 0 Å². The third-order valence-corrected chi connectivity index (χ3v) is 6.85. The molecule has 0 bridgehead atoms. The van der Waals surface area contributed by atoms with Gasteiger partial charge in [0.2, 0.25) is 0 Å². The maximum atomic E-state index is 11.2. The van der Waals surface area contributed by atoms with Crippen molar-refractivity contribution in [2.45, 2.75) is 61.3 Å². The van der Waals surface area contributed by atoms with Gasteiger partial charge in [-0.2, -0.15) is 0 Å². The van der Waals surface area contributed by atoms with Crippen LogP contribution in [0.5, 0.6) is 0 Å². The Morgan fingerprint density at radius 1 is 0.963 bits per heavy atom. The lowest BCUT2D eigenvalue weighted by Gasteiger charge is -2.41. The van der Waals surface area contributed by atoms with E-state index in [1.165, 1.54) is 30.9 Å². The molecule has 0 aromatic rings. The van der Waals surface area contributed by atoms with E-state index in [0.29, 0.717) is 42.1 Å². The monoisotopic (exact) mass is 375 g/mol. The predicted octanol–water partition coefficient (Wildman–Crippen LogP) is 5.33. The lowest BCUT2D eigenvalue weighted by molar-refractivity contribution is -0.141. The summed E-state index contributed by atoms with van der Waals surface area (Å²) in [6.07, 6.45) is 7.36. The van der Waals surface area contributed by atoms with Crippen molar-refractivity contribution in [1.82, 2.24) is 4.90 Å². The van der Waals surface area contributed by atoms with Gasteiger partial charge in [0.15, 0.2) is 0 Å². The molecule has 0 fully saturated rings. The Morgan fingerprint density at radius 2 is 1.41 bits per heavy atom. The Bertz CT molecular complexity index is 525. The molecule has 3 heteroatoms. The minimum atomic E-state index is -0.175. The van der Waals surface area contributed by atoms with Crippen molar-refractivity contribution in [3.05, 3.63) is 23.3 Å². The number of hydrogen-bond donors (Lipinski definition) is 0. The summed E-state index contributed by atoms with van der Waals surface area (Å²) in [6.45, 7) is 19.1. The first-order chi connectivity index (χ1) is 12.7. The number of rotatable bonds is 7. The van der Waals surface area contributed by atoms with Crippen LogP contribution in [0.4, 0.5) is 0 Å². The van der Waals surface area contributed by atoms with Gasteiger partial charge in [0.25, 0.3) is 0 Å². The molecule has 2 aliphatic carbocycles. The van der Waals surface area contributed by atoms with Crippen LogP contribution < -0.4 is 0 Å². The summed E-state index contributed by atoms with van der Waals surface area (Å²) in [7, 11) is 0. The summed E-state index contributed by atoms with van der Waals surface area (Å²) < 4.78 is 5.29. The number of carbonyl (C=O) groups is 1. The average Bonchev–Trinajstić information content (AvgIpc) is 2.53. The summed E-state index contributed by atoms with van der Waals surface area (Å²) in [5.74, 6) is 3.84. The second-order valence-corrected chi connectivity index (χ2v) is 9.53. The first kappa shape index (κ1) is 22.2. The average molecular weight is 376 g/mol. The molecule has 0 aromatic heterocycles. The molecule has 6 atom stereocenters. The molecule has 0 saturated carbocycles. The maximum absolute atomic E-state index is 11.2. The van der Waals surface area contributed by atoms with Gasteiger partial charge in [-0.25, -0.2) is 0 Å². The highest BCUT2D eigenvalue weighted by atomic mass is 16.5. The topological polar surface area (TPSA) is 29.5 Å². The molecule has 0 aromatic carbocycles. The Morgan fingerprint density at radius 3 is 1.78 bits per heavy atom. The molecule has 0 N–H and O–H groups in total. The molecule has 0 aliphatic heterocycles. The summed E-state index contributed by atoms with van der Waals surface area (Å²) >= 11 is 0. The van der Waals surface area contributed by atoms with E-state index in [0.717, 1.165) is 19.6 Å². The number of hydrogen-bond acceptors (Lipinski definition) is 3. The Labute approximate surface area is 167 Å². The molecule has 3 nitrogen and oxygen atoms in total. The van der Waals surface area contributed by atoms with E-state index in [4.69, 9.17) is 4.74 Å². The van der Waals surface area contributed by atoms with Crippen LogP contribution in [0.3, 0.4) is 0 Å². The zero-order valence-electron chi connectivity index (χ0n) is 18.6. The number of allylic oxidation sites excluding steroid dienone is 4. The predicted molar refractivity (Wildman–Crippen MR) is 113 cm³/mol. The summed E-state index contributed by atoms with van der Waals surface area (Å²) in [5, 5.41) is 0. The summed E-state index contributed by atoms with van der Waals surface area (Å²) in [4.78, 5) is 13.8. The van der Waals surface area contributed by atoms with Crippen molar-refractivity contribution in [3.8, 4) is 0 Å². The standard InChI is InChI=1S/C24H41NO2/c1-16-10-18(3)23(19(4)11-16)14-25(8-9-27-22(7)26)15-24-20(5)12-17(2)13-21(24)6/h10,12,18-21,23-24H,8-9,11,13-15H2,1-7H3/t18-,19-,20-,21+,23-,24-/m1/s1. The van der Waals surface area contributed by atoms with Crippen molar-refractivity contribution in [2.24, 2.45) is 35.5 Å². The lowest BCUT2D eigenvalue weighted by atomic mass is 9.73. The Balaban J connectivity index is 2.07. The third-order valence-electron chi connectivity index (χ3n) is 6.85. The van der Waals surface area contributed by atoms with Crippen LogP contribution in [0.15, 0.2) is 23.3 Å². The van der Waals surface area contributed by atoms with Gasteiger partial charge in [-0.3, -0.25) is 9.69 Å². The van der Waals surface area contributed by atoms with E-state index in [-0.39, 0.29) is 5.97 Å². The molecule has 0 heterocycles. The number of carbonyl (C=O) groups excluding carboxylic acids is 1. The van der Waals surface area contributed by atoms with E-state index in [2.05, 4.69) is 58.6 Å². The van der Waals surface area contributed by atoms with Gasteiger partial charge in [0.05, 0.1) is 0 Å². The Kier molecular flexibility index (Phi) is 8.15. The van der Waals surface area contributed by atoms with Crippen LogP contribution in [-0.2, 0) is 9.53 Å². The second-order valence-electron chi connectivity index (χ2n) is 9.53. The van der Waals surface area contributed by atoms with Crippen LogP contribution in [0, 0.1) is 35.5 Å². The van der Waals surface area contributed by atoms with Crippen molar-refractivity contribution in [1.29, 1.82) is 0 Å². The van der Waals surface area contributed by atoms with Gasteiger partial charge >= 0.3 is 5.97 Å². The zero-order valence-corrected chi connectivity index (χ0v) is 18.6. The van der Waals surface area contributed by atoms with E-state index in [1.807, 2.05) is 0 Å². The third kappa shape index (κ3) is 6.48. The summed E-state index contributed by atoms with van der Waals surface area (Å²) in [6, 6.07) is 0. The van der Waals surface area contributed by atoms with Gasteiger partial charge in [-0.05, 0) is 62.2 Å². The molecule has 0 radical (unpaired) electrons. The van der Waals surface area contributed by atoms with Crippen LogP contribution >= 0.6 is 0 Å². The van der Waals surface area contributed by atoms with Crippen LogP contribution in [-0.4, -0.2) is 37.1 Å². The molecule has 27 heavy (non-hydrogen) atoms. The maximum Gasteiger partial charge on any atom is 0.302 e. The number of ether oxygens (including phenoxy) is 1.